The molecule has 0 fully saturated rings. The van der Waals surface area contributed by atoms with Crippen LogP contribution in [0, 0.1) is 0 Å². The Bertz CT molecular complexity index is 959. The van der Waals surface area contributed by atoms with Crippen LogP contribution in [0.15, 0.2) is 72.8 Å². The van der Waals surface area contributed by atoms with E-state index in [-0.39, 0.29) is 0 Å². The molecule has 0 bridgehead atoms. The number of H-pyrrole nitrogens is 1. The maximum absolute atomic E-state index is 5.21. The molecule has 4 nitrogen and oxygen atoms in total. The van der Waals surface area contributed by atoms with E-state index in [0.717, 1.165) is 39.5 Å². The topological polar surface area (TPSA) is 49.9 Å². The van der Waals surface area contributed by atoms with Gasteiger partial charge in [0.2, 0.25) is 5.95 Å². The highest BCUT2D eigenvalue weighted by Gasteiger charge is 2.05. The van der Waals surface area contributed by atoms with Crippen LogP contribution in [0.2, 0.25) is 0 Å². The van der Waals surface area contributed by atoms with Gasteiger partial charge < -0.3 is 15.0 Å². The zero-order valence-electron chi connectivity index (χ0n) is 13.3. The van der Waals surface area contributed by atoms with Crippen molar-refractivity contribution in [2.24, 2.45) is 0 Å². The number of nitrogens with zero attached hydrogens (tertiary/aromatic N) is 1. The van der Waals surface area contributed by atoms with Gasteiger partial charge in [0.15, 0.2) is 0 Å². The molecule has 4 heteroatoms. The van der Waals surface area contributed by atoms with Crippen molar-refractivity contribution in [3.05, 3.63) is 72.8 Å². The van der Waals surface area contributed by atoms with Gasteiger partial charge >= 0.3 is 0 Å². The summed E-state index contributed by atoms with van der Waals surface area (Å²) >= 11 is 0. The minimum atomic E-state index is 0.739. The number of hydrogen-bond acceptors (Lipinski definition) is 3. The Morgan fingerprint density at radius 1 is 0.875 bits per heavy atom. The first-order valence-electron chi connectivity index (χ1n) is 7.78. The highest BCUT2D eigenvalue weighted by molar-refractivity contribution is 5.84. The summed E-state index contributed by atoms with van der Waals surface area (Å²) in [5.74, 6) is 1.60. The van der Waals surface area contributed by atoms with Gasteiger partial charge in [-0.1, -0.05) is 36.4 Å². The van der Waals surface area contributed by atoms with Crippen molar-refractivity contribution in [2.45, 2.75) is 0 Å². The third-order valence-electron chi connectivity index (χ3n) is 3.94. The molecular weight excluding hydrogens is 298 g/mol. The average Bonchev–Trinajstić information content (AvgIpc) is 3.04. The molecule has 0 aliphatic heterocycles. The molecule has 0 unspecified atom stereocenters. The highest BCUT2D eigenvalue weighted by Crippen LogP contribution is 2.26. The lowest BCUT2D eigenvalue weighted by molar-refractivity contribution is 0.415. The smallest absolute Gasteiger partial charge is 0.205 e. The van der Waals surface area contributed by atoms with Crippen LogP contribution in [0.4, 0.5) is 11.6 Å². The standard InChI is InChI=1S/C20H17N3O/c1-24-17-10-7-14(8-11-17)15-9-12-18-19(13-15)23-20(22-18)21-16-5-3-2-4-6-16/h2-13H,1H3,(H2,21,22,23). The van der Waals surface area contributed by atoms with Crippen molar-refractivity contribution in [1.29, 1.82) is 0 Å². The number of anilines is 2. The molecule has 1 aromatic heterocycles. The molecule has 3 aromatic carbocycles. The number of aromatic amines is 1. The van der Waals surface area contributed by atoms with E-state index in [2.05, 4.69) is 39.6 Å². The Labute approximate surface area is 140 Å². The summed E-state index contributed by atoms with van der Waals surface area (Å²) < 4.78 is 5.21. The van der Waals surface area contributed by atoms with E-state index < -0.39 is 0 Å². The number of nitrogens with one attached hydrogen (secondary N) is 2. The summed E-state index contributed by atoms with van der Waals surface area (Å²) in [6.45, 7) is 0. The van der Waals surface area contributed by atoms with Crippen molar-refractivity contribution >= 4 is 22.7 Å². The summed E-state index contributed by atoms with van der Waals surface area (Å²) in [7, 11) is 1.67. The monoisotopic (exact) mass is 315 g/mol. The van der Waals surface area contributed by atoms with E-state index in [1.807, 2.05) is 48.5 Å². The summed E-state index contributed by atoms with van der Waals surface area (Å²) in [6, 6.07) is 24.3. The molecule has 0 aliphatic rings. The SMILES string of the molecule is COc1ccc(-c2ccc3nc(Nc4ccccc4)[nH]c3c2)cc1. The number of benzene rings is 3. The number of imidazole rings is 1. The molecule has 0 spiro atoms. The molecule has 24 heavy (non-hydrogen) atoms. The second kappa shape index (κ2) is 6.08. The lowest BCUT2D eigenvalue weighted by atomic mass is 10.1. The lowest BCUT2D eigenvalue weighted by Crippen LogP contribution is -1.90. The first-order chi connectivity index (χ1) is 11.8. The van der Waals surface area contributed by atoms with Crippen molar-refractivity contribution in [3.63, 3.8) is 0 Å². The fourth-order valence-electron chi connectivity index (χ4n) is 2.69. The zero-order chi connectivity index (χ0) is 16.4. The normalized spacial score (nSPS) is 10.7. The summed E-state index contributed by atoms with van der Waals surface area (Å²) in [4.78, 5) is 7.91. The number of ether oxygens (including phenoxy) is 1. The van der Waals surface area contributed by atoms with Gasteiger partial charge in [0.25, 0.3) is 0 Å². The predicted octanol–water partition coefficient (Wildman–Crippen LogP) is 4.98. The van der Waals surface area contributed by atoms with E-state index in [9.17, 15) is 0 Å². The van der Waals surface area contributed by atoms with Crippen molar-refractivity contribution in [1.82, 2.24) is 9.97 Å². The highest BCUT2D eigenvalue weighted by atomic mass is 16.5. The molecule has 118 valence electrons. The molecule has 4 aromatic rings. The minimum Gasteiger partial charge on any atom is -0.497 e. The molecular formula is C20H17N3O. The van der Waals surface area contributed by atoms with Crippen LogP contribution < -0.4 is 10.1 Å². The number of hydrogen-bond donors (Lipinski definition) is 2. The van der Waals surface area contributed by atoms with E-state index in [0.29, 0.717) is 0 Å². The van der Waals surface area contributed by atoms with Crippen molar-refractivity contribution in [3.8, 4) is 16.9 Å². The maximum atomic E-state index is 5.21. The maximum Gasteiger partial charge on any atom is 0.205 e. The van der Waals surface area contributed by atoms with Crippen LogP contribution in [0.5, 0.6) is 5.75 Å². The molecule has 0 radical (unpaired) electrons. The molecule has 0 atom stereocenters. The zero-order valence-corrected chi connectivity index (χ0v) is 13.3. The van der Waals surface area contributed by atoms with E-state index in [1.165, 1.54) is 0 Å². The van der Waals surface area contributed by atoms with Gasteiger partial charge in [0.05, 0.1) is 18.1 Å². The first-order valence-corrected chi connectivity index (χ1v) is 7.78. The third kappa shape index (κ3) is 2.82. The van der Waals surface area contributed by atoms with Crippen LogP contribution in [0.1, 0.15) is 0 Å². The van der Waals surface area contributed by atoms with Gasteiger partial charge in [-0.05, 0) is 47.5 Å². The number of fused-ring (bicyclic) bond motifs is 1. The number of para-hydroxylation sites is 1. The van der Waals surface area contributed by atoms with Gasteiger partial charge in [0.1, 0.15) is 5.75 Å². The van der Waals surface area contributed by atoms with Crippen LogP contribution in [0.3, 0.4) is 0 Å². The summed E-state index contributed by atoms with van der Waals surface area (Å²) in [5, 5.41) is 3.28. The van der Waals surface area contributed by atoms with Gasteiger partial charge in [-0.25, -0.2) is 4.98 Å². The van der Waals surface area contributed by atoms with Gasteiger partial charge in [-0.2, -0.15) is 0 Å². The fraction of sp³-hybridized carbons (Fsp3) is 0.0500. The number of rotatable bonds is 4. The lowest BCUT2D eigenvalue weighted by Gasteiger charge is -2.03. The third-order valence-corrected chi connectivity index (χ3v) is 3.94. The quantitative estimate of drug-likeness (QED) is 0.558. The Hall–Kier alpha value is -3.27. The van der Waals surface area contributed by atoms with Crippen LogP contribution >= 0.6 is 0 Å². The van der Waals surface area contributed by atoms with Crippen molar-refractivity contribution in [2.75, 3.05) is 12.4 Å². The molecule has 2 N–H and O–H groups in total. The Morgan fingerprint density at radius 2 is 1.62 bits per heavy atom. The van der Waals surface area contributed by atoms with Crippen LogP contribution in [-0.2, 0) is 0 Å². The Balaban J connectivity index is 1.65. The second-order valence-corrected chi connectivity index (χ2v) is 5.54. The van der Waals surface area contributed by atoms with Gasteiger partial charge in [-0.3, -0.25) is 0 Å². The first kappa shape index (κ1) is 14.3. The molecule has 0 amide bonds. The minimum absolute atomic E-state index is 0.739. The molecule has 0 saturated carbocycles. The number of aromatic nitrogens is 2. The Kier molecular flexibility index (Phi) is 3.63. The van der Waals surface area contributed by atoms with Crippen LogP contribution in [-0.4, -0.2) is 17.1 Å². The molecule has 0 saturated heterocycles. The van der Waals surface area contributed by atoms with Crippen LogP contribution in [0.25, 0.3) is 22.2 Å². The predicted molar refractivity (Wildman–Crippen MR) is 97.8 cm³/mol. The molecule has 0 aliphatic carbocycles. The van der Waals surface area contributed by atoms with Gasteiger partial charge in [-0.15, -0.1) is 0 Å². The summed E-state index contributed by atoms with van der Waals surface area (Å²) in [5.41, 5.74) is 5.23. The molecule has 1 heterocycles. The van der Waals surface area contributed by atoms with E-state index in [4.69, 9.17) is 4.74 Å². The largest absolute Gasteiger partial charge is 0.497 e. The Morgan fingerprint density at radius 3 is 2.38 bits per heavy atom. The summed E-state index contributed by atoms with van der Waals surface area (Å²) in [6.07, 6.45) is 0. The number of methoxy groups -OCH3 is 1. The average molecular weight is 315 g/mol. The van der Waals surface area contributed by atoms with E-state index >= 15 is 0 Å². The van der Waals surface area contributed by atoms with E-state index in [1.54, 1.807) is 7.11 Å². The molecule has 4 rings (SSSR count). The van der Waals surface area contributed by atoms with Crippen molar-refractivity contribution < 1.29 is 4.74 Å². The second-order valence-electron chi connectivity index (χ2n) is 5.54. The fourth-order valence-corrected chi connectivity index (χ4v) is 2.69. The van der Waals surface area contributed by atoms with Gasteiger partial charge in [0, 0.05) is 5.69 Å².